The van der Waals surface area contributed by atoms with Crippen molar-refractivity contribution in [2.45, 2.75) is 50.6 Å². The standard InChI is InChI=1S/C18H34N4OS.HI/c1-15-3-5-16(6-4-15)21-17(19-2)20-13-18(7-12-24-14-18)22-8-10-23-11-9-22;/h15-16H,3-14H2,1-2H3,(H2,19,20,21);1H. The number of hydrogen-bond donors (Lipinski definition) is 2. The molecule has 2 N–H and O–H groups in total. The third kappa shape index (κ3) is 5.87. The van der Waals surface area contributed by atoms with Crippen LogP contribution in [0.2, 0.25) is 0 Å². The summed E-state index contributed by atoms with van der Waals surface area (Å²) >= 11 is 2.09. The van der Waals surface area contributed by atoms with Gasteiger partial charge >= 0.3 is 0 Å². The van der Waals surface area contributed by atoms with Crippen molar-refractivity contribution in [3.63, 3.8) is 0 Å². The van der Waals surface area contributed by atoms with Crippen LogP contribution in [-0.4, -0.2) is 73.8 Å². The average Bonchev–Trinajstić information content (AvgIpc) is 3.11. The predicted octanol–water partition coefficient (Wildman–Crippen LogP) is 2.56. The minimum atomic E-state index is 0. The van der Waals surface area contributed by atoms with Crippen molar-refractivity contribution in [2.24, 2.45) is 10.9 Å². The van der Waals surface area contributed by atoms with Gasteiger partial charge in [-0.2, -0.15) is 11.8 Å². The van der Waals surface area contributed by atoms with Crippen LogP contribution in [0, 0.1) is 5.92 Å². The molecule has 3 rings (SSSR count). The van der Waals surface area contributed by atoms with E-state index in [4.69, 9.17) is 4.74 Å². The Kier molecular flexibility index (Phi) is 9.11. The lowest BCUT2D eigenvalue weighted by Gasteiger charge is -2.43. The fraction of sp³-hybridized carbons (Fsp3) is 0.944. The van der Waals surface area contributed by atoms with Crippen LogP contribution in [-0.2, 0) is 4.74 Å². The zero-order valence-corrected chi connectivity index (χ0v) is 18.9. The van der Waals surface area contributed by atoms with Gasteiger partial charge in [0.1, 0.15) is 0 Å². The maximum absolute atomic E-state index is 5.56. The lowest BCUT2D eigenvalue weighted by molar-refractivity contribution is -0.0120. The lowest BCUT2D eigenvalue weighted by atomic mass is 9.87. The largest absolute Gasteiger partial charge is 0.379 e. The molecule has 2 aliphatic heterocycles. The van der Waals surface area contributed by atoms with E-state index < -0.39 is 0 Å². The van der Waals surface area contributed by atoms with E-state index in [1.54, 1.807) is 0 Å². The average molecular weight is 482 g/mol. The maximum Gasteiger partial charge on any atom is 0.191 e. The monoisotopic (exact) mass is 482 g/mol. The molecule has 1 atom stereocenters. The van der Waals surface area contributed by atoms with E-state index in [9.17, 15) is 0 Å². The molecular formula is C18H35IN4OS. The molecule has 25 heavy (non-hydrogen) atoms. The molecule has 1 saturated carbocycles. The first kappa shape index (κ1) is 21.6. The molecule has 2 heterocycles. The molecule has 146 valence electrons. The highest BCUT2D eigenvalue weighted by Crippen LogP contribution is 2.33. The van der Waals surface area contributed by atoms with E-state index in [2.05, 4.69) is 39.2 Å². The third-order valence-electron chi connectivity index (χ3n) is 5.93. The Labute approximate surface area is 174 Å². The number of nitrogens with one attached hydrogen (secondary N) is 2. The molecule has 0 aromatic rings. The van der Waals surface area contributed by atoms with Crippen molar-refractivity contribution >= 4 is 41.7 Å². The van der Waals surface area contributed by atoms with Gasteiger partial charge in [-0.15, -0.1) is 24.0 Å². The van der Waals surface area contributed by atoms with E-state index in [-0.39, 0.29) is 29.5 Å². The van der Waals surface area contributed by atoms with Crippen LogP contribution < -0.4 is 10.6 Å². The van der Waals surface area contributed by atoms with Gasteiger partial charge in [0, 0.05) is 44.0 Å². The first-order valence-corrected chi connectivity index (χ1v) is 10.7. The minimum Gasteiger partial charge on any atom is -0.379 e. The summed E-state index contributed by atoms with van der Waals surface area (Å²) in [5.41, 5.74) is 0.271. The van der Waals surface area contributed by atoms with Crippen LogP contribution in [0.15, 0.2) is 4.99 Å². The summed E-state index contributed by atoms with van der Waals surface area (Å²) in [4.78, 5) is 7.13. The number of nitrogens with zero attached hydrogens (tertiary/aromatic N) is 2. The molecule has 0 radical (unpaired) electrons. The van der Waals surface area contributed by atoms with E-state index in [1.807, 2.05) is 7.05 Å². The number of guanidine groups is 1. The zero-order valence-electron chi connectivity index (χ0n) is 15.8. The second-order valence-corrected chi connectivity index (χ2v) is 8.76. The highest BCUT2D eigenvalue weighted by molar-refractivity contribution is 14.0. The molecule has 3 aliphatic rings. The minimum absolute atomic E-state index is 0. The summed E-state index contributed by atoms with van der Waals surface area (Å²) in [7, 11) is 1.89. The van der Waals surface area contributed by atoms with Crippen LogP contribution in [0.3, 0.4) is 0 Å². The molecule has 0 spiro atoms. The fourth-order valence-corrected chi connectivity index (χ4v) is 5.65. The number of halogens is 1. The quantitative estimate of drug-likeness (QED) is 0.367. The van der Waals surface area contributed by atoms with Crippen molar-refractivity contribution in [3.05, 3.63) is 0 Å². The predicted molar refractivity (Wildman–Crippen MR) is 118 cm³/mol. The maximum atomic E-state index is 5.56. The summed E-state index contributed by atoms with van der Waals surface area (Å²) in [6.45, 7) is 7.23. The van der Waals surface area contributed by atoms with Gasteiger partial charge in [0.25, 0.3) is 0 Å². The van der Waals surface area contributed by atoms with Gasteiger partial charge in [0.15, 0.2) is 5.96 Å². The van der Waals surface area contributed by atoms with Crippen LogP contribution in [0.5, 0.6) is 0 Å². The fourth-order valence-electron chi connectivity index (χ4n) is 4.18. The number of hydrogen-bond acceptors (Lipinski definition) is 4. The summed E-state index contributed by atoms with van der Waals surface area (Å²) in [5, 5.41) is 7.31. The number of ether oxygens (including phenoxy) is 1. The third-order valence-corrected chi connectivity index (χ3v) is 7.16. The second-order valence-electron chi connectivity index (χ2n) is 7.65. The van der Waals surface area contributed by atoms with Crippen LogP contribution >= 0.6 is 35.7 Å². The Morgan fingerprint density at radius 1 is 1.24 bits per heavy atom. The molecule has 2 saturated heterocycles. The van der Waals surface area contributed by atoms with E-state index in [0.717, 1.165) is 44.7 Å². The van der Waals surface area contributed by atoms with Gasteiger partial charge in [-0.1, -0.05) is 6.92 Å². The van der Waals surface area contributed by atoms with Gasteiger partial charge in [-0.25, -0.2) is 0 Å². The van der Waals surface area contributed by atoms with Gasteiger partial charge in [-0.05, 0) is 43.8 Å². The first-order valence-electron chi connectivity index (χ1n) is 9.59. The Hall–Kier alpha value is 0.270. The Morgan fingerprint density at radius 3 is 2.56 bits per heavy atom. The molecule has 0 aromatic carbocycles. The first-order chi connectivity index (χ1) is 11.7. The second kappa shape index (κ2) is 10.6. The van der Waals surface area contributed by atoms with Crippen LogP contribution in [0.4, 0.5) is 0 Å². The molecule has 1 unspecified atom stereocenters. The zero-order chi connectivity index (χ0) is 16.8. The summed E-state index contributed by atoms with van der Waals surface area (Å²) in [5.74, 6) is 4.36. The topological polar surface area (TPSA) is 48.9 Å². The van der Waals surface area contributed by atoms with Gasteiger partial charge in [0.2, 0.25) is 0 Å². The Balaban J connectivity index is 0.00000225. The summed E-state index contributed by atoms with van der Waals surface area (Å²) in [6, 6.07) is 0.588. The van der Waals surface area contributed by atoms with Gasteiger partial charge in [0.05, 0.1) is 13.2 Å². The van der Waals surface area contributed by atoms with Crippen LogP contribution in [0.25, 0.3) is 0 Å². The number of thioether (sulfide) groups is 1. The van der Waals surface area contributed by atoms with Crippen molar-refractivity contribution in [3.8, 4) is 0 Å². The number of morpholine rings is 1. The van der Waals surface area contributed by atoms with Crippen LogP contribution in [0.1, 0.15) is 39.0 Å². The molecule has 0 aromatic heterocycles. The molecule has 1 aliphatic carbocycles. The molecular weight excluding hydrogens is 447 g/mol. The van der Waals surface area contributed by atoms with Crippen molar-refractivity contribution < 1.29 is 4.74 Å². The Bertz CT molecular complexity index is 417. The normalized spacial score (nSPS) is 34.4. The van der Waals surface area contributed by atoms with E-state index in [1.165, 1.54) is 43.6 Å². The number of rotatable bonds is 4. The lowest BCUT2D eigenvalue weighted by Crippen LogP contribution is -2.60. The Morgan fingerprint density at radius 2 is 1.96 bits per heavy atom. The van der Waals surface area contributed by atoms with Gasteiger partial charge in [-0.3, -0.25) is 9.89 Å². The van der Waals surface area contributed by atoms with Crippen molar-refractivity contribution in [1.29, 1.82) is 0 Å². The highest BCUT2D eigenvalue weighted by Gasteiger charge is 2.40. The van der Waals surface area contributed by atoms with E-state index in [0.29, 0.717) is 6.04 Å². The molecule has 0 amide bonds. The van der Waals surface area contributed by atoms with Gasteiger partial charge < -0.3 is 15.4 Å². The molecule has 5 nitrogen and oxygen atoms in total. The molecule has 7 heteroatoms. The number of aliphatic imine (C=N–C) groups is 1. The van der Waals surface area contributed by atoms with E-state index >= 15 is 0 Å². The molecule has 0 bridgehead atoms. The van der Waals surface area contributed by atoms with Crippen molar-refractivity contribution in [2.75, 3.05) is 51.4 Å². The smallest absolute Gasteiger partial charge is 0.191 e. The SMILES string of the molecule is CN=C(NCC1(N2CCOCC2)CCSC1)NC1CCC(C)CC1.I. The molecule has 3 fully saturated rings. The summed E-state index contributed by atoms with van der Waals surface area (Å²) < 4.78 is 5.56. The highest BCUT2D eigenvalue weighted by atomic mass is 127. The summed E-state index contributed by atoms with van der Waals surface area (Å²) in [6.07, 6.45) is 6.48. The van der Waals surface area contributed by atoms with Crippen molar-refractivity contribution in [1.82, 2.24) is 15.5 Å².